The van der Waals surface area contributed by atoms with E-state index in [4.69, 9.17) is 27.7 Å². The zero-order valence-electron chi connectivity index (χ0n) is 15.6. The van der Waals surface area contributed by atoms with E-state index in [2.05, 4.69) is 24.9 Å². The Morgan fingerprint density at radius 2 is 1.83 bits per heavy atom. The van der Waals surface area contributed by atoms with Crippen molar-refractivity contribution in [3.05, 3.63) is 56.9 Å². The quantitative estimate of drug-likeness (QED) is 0.678. The van der Waals surface area contributed by atoms with Gasteiger partial charge in [-0.2, -0.15) is 4.98 Å². The minimum absolute atomic E-state index is 0.0757. The maximum absolute atomic E-state index is 11.6. The fraction of sp³-hybridized carbons (Fsp3) is 0.350. The van der Waals surface area contributed by atoms with Crippen molar-refractivity contribution in [1.82, 2.24) is 15.1 Å². The summed E-state index contributed by atoms with van der Waals surface area (Å²) in [5.41, 5.74) is 1.80. The molecule has 1 N–H and O–H groups in total. The molecule has 4 heterocycles. The lowest BCUT2D eigenvalue weighted by molar-refractivity contribution is 0.169. The molecular weight excluding hydrogens is 413 g/mol. The predicted molar refractivity (Wildman–Crippen MR) is 113 cm³/mol. The largest absolute Gasteiger partial charge is 0.370 e. The number of piperidine rings is 1. The van der Waals surface area contributed by atoms with E-state index in [1.165, 1.54) is 0 Å². The van der Waals surface area contributed by atoms with Gasteiger partial charge in [-0.15, -0.1) is 0 Å². The van der Waals surface area contributed by atoms with Crippen LogP contribution >= 0.6 is 23.2 Å². The van der Waals surface area contributed by atoms with Crippen LogP contribution in [-0.2, 0) is 0 Å². The zero-order valence-corrected chi connectivity index (χ0v) is 17.1. The highest BCUT2D eigenvalue weighted by atomic mass is 35.5. The average Bonchev–Trinajstić information content (AvgIpc) is 3.16. The molecule has 9 heteroatoms. The number of H-pyrrole nitrogens is 1. The van der Waals surface area contributed by atoms with Crippen molar-refractivity contribution >= 4 is 34.9 Å². The van der Waals surface area contributed by atoms with Crippen LogP contribution in [0.3, 0.4) is 0 Å². The lowest BCUT2D eigenvalue weighted by Gasteiger charge is -2.55. The van der Waals surface area contributed by atoms with E-state index in [9.17, 15) is 4.79 Å². The van der Waals surface area contributed by atoms with Crippen LogP contribution in [0.5, 0.6) is 0 Å². The molecule has 3 aromatic rings. The van der Waals surface area contributed by atoms with E-state index in [-0.39, 0.29) is 11.0 Å². The summed E-state index contributed by atoms with van der Waals surface area (Å²) in [5.74, 6) is 0.475. The van der Waals surface area contributed by atoms with Crippen LogP contribution < -0.4 is 15.4 Å². The van der Waals surface area contributed by atoms with Crippen LogP contribution in [-0.4, -0.2) is 41.3 Å². The van der Waals surface area contributed by atoms with Crippen molar-refractivity contribution in [2.75, 3.05) is 36.0 Å². The van der Waals surface area contributed by atoms with Crippen LogP contribution in [0.2, 0.25) is 10.0 Å². The lowest BCUT2D eigenvalue weighted by atomic mass is 9.73. The Kier molecular flexibility index (Phi) is 4.52. The highest BCUT2D eigenvalue weighted by Gasteiger charge is 2.46. The molecule has 2 aliphatic heterocycles. The number of aromatic amines is 1. The van der Waals surface area contributed by atoms with Gasteiger partial charge in [-0.05, 0) is 37.1 Å². The molecule has 0 unspecified atom stereocenters. The van der Waals surface area contributed by atoms with Gasteiger partial charge in [0, 0.05) is 65.2 Å². The maximum Gasteiger partial charge on any atom is 0.324 e. The molecule has 150 valence electrons. The molecular formula is C20H19Cl2N5O2. The number of benzene rings is 1. The van der Waals surface area contributed by atoms with Crippen molar-refractivity contribution in [3.8, 4) is 11.4 Å². The molecule has 2 fully saturated rings. The molecule has 1 spiro atoms. The number of anilines is 2. The summed E-state index contributed by atoms with van der Waals surface area (Å²) in [4.78, 5) is 23.2. The summed E-state index contributed by atoms with van der Waals surface area (Å²) < 4.78 is 5.55. The first kappa shape index (κ1) is 18.5. The van der Waals surface area contributed by atoms with Gasteiger partial charge in [0.2, 0.25) is 11.4 Å². The Morgan fingerprint density at radius 1 is 1.07 bits per heavy atom. The van der Waals surface area contributed by atoms with Crippen LogP contribution in [0.1, 0.15) is 12.8 Å². The number of halogens is 2. The van der Waals surface area contributed by atoms with E-state index in [1.807, 2.05) is 6.07 Å². The number of rotatable bonds is 3. The first-order valence-electron chi connectivity index (χ1n) is 9.49. The Balaban J connectivity index is 1.31. The zero-order chi connectivity index (χ0) is 20.0. The monoisotopic (exact) mass is 431 g/mol. The van der Waals surface area contributed by atoms with Gasteiger partial charge in [0.05, 0.1) is 0 Å². The summed E-state index contributed by atoms with van der Waals surface area (Å²) in [7, 11) is 0. The molecule has 0 bridgehead atoms. The van der Waals surface area contributed by atoms with E-state index in [0.29, 0.717) is 21.9 Å². The molecule has 0 atom stereocenters. The molecule has 2 aliphatic rings. The van der Waals surface area contributed by atoms with E-state index in [0.717, 1.165) is 50.3 Å². The molecule has 0 amide bonds. The Bertz CT molecular complexity index is 1090. The van der Waals surface area contributed by atoms with Crippen molar-refractivity contribution in [3.63, 3.8) is 0 Å². The standard InChI is InChI=1S/C20H19Cl2N5O2/c21-14-6-13(7-15(22)8-14)18-24-19(29-25-18)26-5-1-3-20(10-26)11-27(12-20)16-2-4-23-17(28)9-16/h2,4,6-9H,1,3,5,10-12H2,(H,23,28). The summed E-state index contributed by atoms with van der Waals surface area (Å²) in [6, 6.07) is 9.31. The van der Waals surface area contributed by atoms with E-state index >= 15 is 0 Å². The van der Waals surface area contributed by atoms with Gasteiger partial charge in [0.15, 0.2) is 0 Å². The summed E-state index contributed by atoms with van der Waals surface area (Å²) in [6.07, 6.45) is 3.90. The average molecular weight is 432 g/mol. The van der Waals surface area contributed by atoms with E-state index < -0.39 is 0 Å². The molecule has 1 aromatic carbocycles. The summed E-state index contributed by atoms with van der Waals surface area (Å²) in [6.45, 7) is 3.56. The SMILES string of the molecule is O=c1cc(N2CC3(CCCN(c4nc(-c5cc(Cl)cc(Cl)c5)no4)C3)C2)cc[nH]1. The maximum atomic E-state index is 11.6. The highest BCUT2D eigenvalue weighted by Crippen LogP contribution is 2.42. The van der Waals surface area contributed by atoms with E-state index in [1.54, 1.807) is 30.5 Å². The van der Waals surface area contributed by atoms with Crippen molar-refractivity contribution < 1.29 is 4.52 Å². The van der Waals surface area contributed by atoms with Crippen molar-refractivity contribution in [2.24, 2.45) is 5.41 Å². The smallest absolute Gasteiger partial charge is 0.324 e. The van der Waals surface area contributed by atoms with Crippen molar-refractivity contribution in [2.45, 2.75) is 12.8 Å². The van der Waals surface area contributed by atoms with Crippen LogP contribution in [0.15, 0.2) is 45.8 Å². The molecule has 2 saturated heterocycles. The highest BCUT2D eigenvalue weighted by molar-refractivity contribution is 6.35. The Labute approximate surface area is 177 Å². The second kappa shape index (κ2) is 7.07. The second-order valence-electron chi connectivity index (χ2n) is 7.85. The van der Waals surface area contributed by atoms with Gasteiger partial charge in [-0.1, -0.05) is 28.4 Å². The lowest BCUT2D eigenvalue weighted by Crippen LogP contribution is -2.63. The third-order valence-corrected chi connectivity index (χ3v) is 6.08. The van der Waals surface area contributed by atoms with Gasteiger partial charge in [-0.3, -0.25) is 4.79 Å². The minimum atomic E-state index is -0.0757. The van der Waals surface area contributed by atoms with Crippen LogP contribution in [0.4, 0.5) is 11.7 Å². The number of pyridine rings is 1. The number of nitrogens with zero attached hydrogens (tertiary/aromatic N) is 4. The number of hydrogen-bond donors (Lipinski definition) is 1. The number of aromatic nitrogens is 3. The Hall–Kier alpha value is -2.51. The first-order chi connectivity index (χ1) is 14.0. The van der Waals surface area contributed by atoms with Gasteiger partial charge in [-0.25, -0.2) is 0 Å². The van der Waals surface area contributed by atoms with Gasteiger partial charge < -0.3 is 19.3 Å². The molecule has 5 rings (SSSR count). The minimum Gasteiger partial charge on any atom is -0.370 e. The molecule has 0 radical (unpaired) electrons. The molecule has 29 heavy (non-hydrogen) atoms. The molecule has 0 saturated carbocycles. The van der Waals surface area contributed by atoms with Gasteiger partial charge in [0.1, 0.15) is 0 Å². The van der Waals surface area contributed by atoms with Crippen LogP contribution in [0.25, 0.3) is 11.4 Å². The Morgan fingerprint density at radius 3 is 2.59 bits per heavy atom. The molecule has 7 nitrogen and oxygen atoms in total. The third kappa shape index (κ3) is 3.60. The first-order valence-corrected chi connectivity index (χ1v) is 10.2. The number of hydrogen-bond acceptors (Lipinski definition) is 6. The fourth-order valence-electron chi connectivity index (χ4n) is 4.35. The topological polar surface area (TPSA) is 78.3 Å². The summed E-state index contributed by atoms with van der Waals surface area (Å²) >= 11 is 12.2. The van der Waals surface area contributed by atoms with Gasteiger partial charge >= 0.3 is 6.01 Å². The van der Waals surface area contributed by atoms with Crippen molar-refractivity contribution in [1.29, 1.82) is 0 Å². The third-order valence-electron chi connectivity index (χ3n) is 5.64. The normalized spacial score (nSPS) is 18.1. The predicted octanol–water partition coefficient (Wildman–Crippen LogP) is 3.84. The van der Waals surface area contributed by atoms with Gasteiger partial charge in [0.25, 0.3) is 0 Å². The number of nitrogens with one attached hydrogen (secondary N) is 1. The molecule has 2 aromatic heterocycles. The van der Waals surface area contributed by atoms with Crippen LogP contribution in [0, 0.1) is 5.41 Å². The fourth-order valence-corrected chi connectivity index (χ4v) is 4.88. The molecule has 0 aliphatic carbocycles. The summed E-state index contributed by atoms with van der Waals surface area (Å²) in [5, 5.41) is 5.18. The second-order valence-corrected chi connectivity index (χ2v) is 8.72.